The number of hydrogen-bond donors (Lipinski definition) is 0. The van der Waals surface area contributed by atoms with Gasteiger partial charge < -0.3 is 0 Å². The molecule has 0 aromatic heterocycles. The predicted molar refractivity (Wildman–Crippen MR) is 29.9 cm³/mol. The van der Waals surface area contributed by atoms with E-state index in [9.17, 15) is 0 Å². The molecule has 0 aromatic carbocycles. The third-order valence-corrected chi connectivity index (χ3v) is 1.89. The summed E-state index contributed by atoms with van der Waals surface area (Å²) in [5.74, 6) is 0.576. The Labute approximate surface area is 44.9 Å². The third-order valence-electron chi connectivity index (χ3n) is 1.89. The lowest BCUT2D eigenvalue weighted by atomic mass is 10.0. The van der Waals surface area contributed by atoms with Crippen LogP contribution in [0.2, 0.25) is 0 Å². The molecular weight excluding hydrogens is 86.1 g/mol. The molecule has 0 heterocycles. The molecule has 41 valence electrons. The molecule has 0 amide bonds. The topological polar surface area (TPSA) is 23.8 Å². The quantitative estimate of drug-likeness (QED) is 0.474. The average Bonchev–Trinajstić information content (AvgIpc) is 2.21. The summed E-state index contributed by atoms with van der Waals surface area (Å²) in [7, 11) is 0. The smallest absolute Gasteiger partial charge is 0.0348 e. The van der Waals surface area contributed by atoms with Gasteiger partial charge in [-0.25, -0.2) is 0 Å². The highest BCUT2D eigenvalue weighted by Crippen LogP contribution is 2.40. The van der Waals surface area contributed by atoms with Crippen LogP contribution in [0.5, 0.6) is 0 Å². The van der Waals surface area contributed by atoms with Crippen LogP contribution in [0, 0.1) is 5.92 Å². The Hall–Kier alpha value is -0.0400. The normalized spacial score (nSPS) is 25.7. The van der Waals surface area contributed by atoms with E-state index in [1.807, 2.05) is 0 Å². The van der Waals surface area contributed by atoms with Gasteiger partial charge in [-0.2, -0.15) is 0 Å². The highest BCUT2D eigenvalue weighted by Gasteiger charge is 2.41. The average molecular weight is 98.2 g/mol. The van der Waals surface area contributed by atoms with E-state index < -0.39 is 0 Å². The second-order valence-electron chi connectivity index (χ2n) is 2.81. The Morgan fingerprint density at radius 2 is 1.86 bits per heavy atom. The molecule has 1 aliphatic carbocycles. The van der Waals surface area contributed by atoms with E-state index in [-0.39, 0.29) is 5.54 Å². The highest BCUT2D eigenvalue weighted by molar-refractivity contribution is 4.99. The van der Waals surface area contributed by atoms with Crippen molar-refractivity contribution < 1.29 is 0 Å². The van der Waals surface area contributed by atoms with E-state index in [2.05, 4.69) is 13.8 Å². The molecule has 1 fully saturated rings. The van der Waals surface area contributed by atoms with E-state index in [0.29, 0.717) is 5.92 Å². The van der Waals surface area contributed by atoms with Crippen molar-refractivity contribution in [2.45, 2.75) is 32.2 Å². The SMILES string of the molecule is CC(C)C1([NH])CC1. The number of hydrogen-bond acceptors (Lipinski definition) is 0. The summed E-state index contributed by atoms with van der Waals surface area (Å²) in [6.07, 6.45) is 2.26. The Morgan fingerprint density at radius 1 is 1.43 bits per heavy atom. The Bertz CT molecular complexity index is 72.2. The maximum Gasteiger partial charge on any atom is 0.0348 e. The van der Waals surface area contributed by atoms with Crippen LogP contribution < -0.4 is 5.73 Å². The summed E-state index contributed by atoms with van der Waals surface area (Å²) in [5, 5.41) is 0. The van der Waals surface area contributed by atoms with Crippen molar-refractivity contribution in [3.05, 3.63) is 0 Å². The van der Waals surface area contributed by atoms with Crippen LogP contribution in [0.4, 0.5) is 0 Å². The first-order valence-electron chi connectivity index (χ1n) is 2.90. The monoisotopic (exact) mass is 98.1 g/mol. The lowest BCUT2D eigenvalue weighted by Crippen LogP contribution is -2.17. The molecule has 1 nitrogen and oxygen atoms in total. The fraction of sp³-hybridized carbons (Fsp3) is 1.00. The summed E-state index contributed by atoms with van der Waals surface area (Å²) in [5.41, 5.74) is 7.50. The fourth-order valence-electron chi connectivity index (χ4n) is 0.712. The zero-order valence-corrected chi connectivity index (χ0v) is 4.99. The van der Waals surface area contributed by atoms with E-state index in [1.54, 1.807) is 0 Å². The van der Waals surface area contributed by atoms with Gasteiger partial charge in [-0.15, -0.1) is 0 Å². The molecular formula is C6H12N. The van der Waals surface area contributed by atoms with Gasteiger partial charge in [0.05, 0.1) is 0 Å². The Kier molecular flexibility index (Phi) is 0.890. The minimum atomic E-state index is 0. The van der Waals surface area contributed by atoms with Crippen LogP contribution in [0.1, 0.15) is 26.7 Å². The number of nitrogens with one attached hydrogen (secondary N) is 1. The minimum Gasteiger partial charge on any atom is -0.251 e. The van der Waals surface area contributed by atoms with Gasteiger partial charge in [0.15, 0.2) is 0 Å². The molecule has 1 aliphatic rings. The molecule has 0 bridgehead atoms. The van der Waals surface area contributed by atoms with Gasteiger partial charge in [0.2, 0.25) is 0 Å². The Morgan fingerprint density at radius 3 is 1.86 bits per heavy atom. The van der Waals surface area contributed by atoms with E-state index in [0.717, 1.165) is 12.8 Å². The molecule has 1 saturated carbocycles. The Balaban J connectivity index is 2.39. The van der Waals surface area contributed by atoms with Crippen LogP contribution in [0.25, 0.3) is 0 Å². The molecule has 1 heteroatoms. The van der Waals surface area contributed by atoms with Gasteiger partial charge in [0, 0.05) is 5.54 Å². The van der Waals surface area contributed by atoms with Gasteiger partial charge in [-0.3, -0.25) is 5.73 Å². The summed E-state index contributed by atoms with van der Waals surface area (Å²) < 4.78 is 0. The van der Waals surface area contributed by atoms with Crippen LogP contribution in [0.3, 0.4) is 0 Å². The second-order valence-corrected chi connectivity index (χ2v) is 2.81. The minimum absolute atomic E-state index is 0. The molecule has 1 radical (unpaired) electrons. The largest absolute Gasteiger partial charge is 0.251 e. The third kappa shape index (κ3) is 0.778. The second kappa shape index (κ2) is 1.22. The first kappa shape index (κ1) is 5.10. The van der Waals surface area contributed by atoms with Crippen molar-refractivity contribution in [3.8, 4) is 0 Å². The van der Waals surface area contributed by atoms with Crippen molar-refractivity contribution in [1.29, 1.82) is 0 Å². The van der Waals surface area contributed by atoms with Crippen molar-refractivity contribution in [2.75, 3.05) is 0 Å². The first-order chi connectivity index (χ1) is 3.15. The molecule has 0 unspecified atom stereocenters. The molecule has 0 aromatic rings. The van der Waals surface area contributed by atoms with Gasteiger partial charge in [-0.05, 0) is 18.8 Å². The molecule has 0 saturated heterocycles. The van der Waals surface area contributed by atoms with Crippen molar-refractivity contribution in [2.24, 2.45) is 5.92 Å². The van der Waals surface area contributed by atoms with Crippen molar-refractivity contribution >= 4 is 0 Å². The van der Waals surface area contributed by atoms with Crippen LogP contribution >= 0.6 is 0 Å². The van der Waals surface area contributed by atoms with Gasteiger partial charge in [0.25, 0.3) is 0 Å². The van der Waals surface area contributed by atoms with E-state index in [4.69, 9.17) is 5.73 Å². The standard InChI is InChI=1S/C6H12N/c1-5(2)6(7)3-4-6/h5,7H,3-4H2,1-2H3. The molecule has 0 atom stereocenters. The summed E-state index contributed by atoms with van der Waals surface area (Å²) in [4.78, 5) is 0. The predicted octanol–water partition coefficient (Wildman–Crippen LogP) is 1.46. The summed E-state index contributed by atoms with van der Waals surface area (Å²) in [6, 6.07) is 0. The van der Waals surface area contributed by atoms with Crippen LogP contribution in [-0.4, -0.2) is 5.54 Å². The van der Waals surface area contributed by atoms with Crippen molar-refractivity contribution in [1.82, 2.24) is 5.73 Å². The highest BCUT2D eigenvalue weighted by atomic mass is 14.8. The molecule has 0 spiro atoms. The van der Waals surface area contributed by atoms with Gasteiger partial charge in [0.1, 0.15) is 0 Å². The zero-order chi connectivity index (χ0) is 5.49. The maximum absolute atomic E-state index is 7.50. The lowest BCUT2D eigenvalue weighted by Gasteiger charge is -2.09. The summed E-state index contributed by atoms with van der Waals surface area (Å²) in [6.45, 7) is 4.25. The van der Waals surface area contributed by atoms with Crippen LogP contribution in [0.15, 0.2) is 0 Å². The summed E-state index contributed by atoms with van der Waals surface area (Å²) >= 11 is 0. The van der Waals surface area contributed by atoms with E-state index in [1.165, 1.54) is 0 Å². The molecule has 1 N–H and O–H groups in total. The van der Waals surface area contributed by atoms with Crippen molar-refractivity contribution in [3.63, 3.8) is 0 Å². The first-order valence-corrected chi connectivity index (χ1v) is 2.90. The maximum atomic E-state index is 7.50. The number of rotatable bonds is 1. The molecule has 0 aliphatic heterocycles. The van der Waals surface area contributed by atoms with Gasteiger partial charge >= 0.3 is 0 Å². The fourth-order valence-corrected chi connectivity index (χ4v) is 0.712. The van der Waals surface area contributed by atoms with Crippen LogP contribution in [-0.2, 0) is 0 Å². The van der Waals surface area contributed by atoms with Gasteiger partial charge in [-0.1, -0.05) is 13.8 Å². The lowest BCUT2D eigenvalue weighted by molar-refractivity contribution is 0.464. The zero-order valence-electron chi connectivity index (χ0n) is 4.99. The molecule has 1 rings (SSSR count). The molecule has 7 heavy (non-hydrogen) atoms. The van der Waals surface area contributed by atoms with E-state index >= 15 is 0 Å².